The molecule has 2 aromatic carbocycles. The number of amides is 1. The molecule has 1 aliphatic heterocycles. The number of carbonyl (C=O) groups is 1. The Bertz CT molecular complexity index is 944. The predicted molar refractivity (Wildman–Crippen MR) is 116 cm³/mol. The summed E-state index contributed by atoms with van der Waals surface area (Å²) in [6.07, 6.45) is 0.904. The second-order valence-electron chi connectivity index (χ2n) is 6.25. The van der Waals surface area contributed by atoms with Crippen LogP contribution in [0.1, 0.15) is 12.8 Å². The van der Waals surface area contributed by atoms with Gasteiger partial charge in [-0.3, -0.25) is 4.79 Å². The Morgan fingerprint density at radius 3 is 2.33 bits per heavy atom. The van der Waals surface area contributed by atoms with Crippen molar-refractivity contribution in [2.45, 2.75) is 17.7 Å². The van der Waals surface area contributed by atoms with E-state index in [0.717, 1.165) is 9.26 Å². The Morgan fingerprint density at radius 1 is 1.07 bits per heavy atom. The molecule has 0 unspecified atom stereocenters. The van der Waals surface area contributed by atoms with Gasteiger partial charge < -0.3 is 5.32 Å². The van der Waals surface area contributed by atoms with E-state index in [2.05, 4.69) is 27.9 Å². The summed E-state index contributed by atoms with van der Waals surface area (Å²) in [4.78, 5) is 12.5. The van der Waals surface area contributed by atoms with Crippen LogP contribution in [0.3, 0.4) is 0 Å². The minimum absolute atomic E-state index is 0.00143. The van der Waals surface area contributed by atoms with Gasteiger partial charge in [0.05, 0.1) is 5.02 Å². The lowest BCUT2D eigenvalue weighted by Crippen LogP contribution is -2.41. The predicted octanol–water partition coefficient (Wildman–Crippen LogP) is 4.64. The highest BCUT2D eigenvalue weighted by atomic mass is 127. The number of sulfonamides is 1. The van der Waals surface area contributed by atoms with Gasteiger partial charge in [-0.2, -0.15) is 4.31 Å². The molecule has 9 heteroatoms. The van der Waals surface area contributed by atoms with Crippen LogP contribution in [0.15, 0.2) is 47.4 Å². The Balaban J connectivity index is 1.65. The molecule has 0 radical (unpaired) electrons. The molecule has 144 valence electrons. The first-order valence-corrected chi connectivity index (χ1v) is 11.6. The lowest BCUT2D eigenvalue weighted by atomic mass is 9.97. The average molecular weight is 539 g/mol. The molecule has 1 fully saturated rings. The molecule has 5 nitrogen and oxygen atoms in total. The molecule has 1 aliphatic rings. The van der Waals surface area contributed by atoms with E-state index >= 15 is 0 Å². The van der Waals surface area contributed by atoms with Crippen LogP contribution in [0.25, 0.3) is 0 Å². The largest absolute Gasteiger partial charge is 0.326 e. The summed E-state index contributed by atoms with van der Waals surface area (Å²) in [7, 11) is -3.74. The van der Waals surface area contributed by atoms with E-state index in [-0.39, 0.29) is 34.8 Å². The van der Waals surface area contributed by atoms with Gasteiger partial charge in [-0.15, -0.1) is 0 Å². The van der Waals surface area contributed by atoms with Crippen molar-refractivity contribution in [1.82, 2.24) is 4.31 Å². The molecule has 1 saturated heterocycles. The lowest BCUT2D eigenvalue weighted by molar-refractivity contribution is -0.120. The molecule has 1 amide bonds. The molecular weight excluding hydrogens is 522 g/mol. The highest BCUT2D eigenvalue weighted by Gasteiger charge is 2.33. The molecule has 27 heavy (non-hydrogen) atoms. The van der Waals surface area contributed by atoms with Crippen LogP contribution in [0, 0.1) is 9.49 Å². The van der Waals surface area contributed by atoms with Gasteiger partial charge in [-0.1, -0.05) is 23.2 Å². The van der Waals surface area contributed by atoms with Gasteiger partial charge in [0, 0.05) is 33.3 Å². The second-order valence-corrected chi connectivity index (χ2v) is 10.2. The van der Waals surface area contributed by atoms with E-state index in [1.54, 1.807) is 6.07 Å². The summed E-state index contributed by atoms with van der Waals surface area (Å²) >= 11 is 14.2. The summed E-state index contributed by atoms with van der Waals surface area (Å²) in [6, 6.07) is 11.9. The molecule has 0 aliphatic carbocycles. The van der Waals surface area contributed by atoms with Crippen molar-refractivity contribution >= 4 is 67.4 Å². The highest BCUT2D eigenvalue weighted by molar-refractivity contribution is 14.1. The number of carbonyl (C=O) groups excluding carboxylic acids is 1. The number of nitrogens with one attached hydrogen (secondary N) is 1. The van der Waals surface area contributed by atoms with Crippen LogP contribution < -0.4 is 5.32 Å². The lowest BCUT2D eigenvalue weighted by Gasteiger charge is -2.30. The van der Waals surface area contributed by atoms with Gasteiger partial charge in [-0.05, 0) is 77.9 Å². The van der Waals surface area contributed by atoms with Crippen molar-refractivity contribution in [2.24, 2.45) is 5.92 Å². The van der Waals surface area contributed by atoms with Crippen LogP contribution >= 0.6 is 45.8 Å². The average Bonchev–Trinajstić information content (AvgIpc) is 2.65. The summed E-state index contributed by atoms with van der Waals surface area (Å²) in [5, 5.41) is 3.34. The SMILES string of the molecule is O=C(Nc1ccc(I)cc1)C1CCN(S(=O)(=O)c2cc(Cl)ccc2Cl)CC1. The first-order valence-electron chi connectivity index (χ1n) is 8.29. The van der Waals surface area contributed by atoms with Crippen molar-refractivity contribution in [3.8, 4) is 0 Å². The Hall–Kier alpha value is -0.870. The van der Waals surface area contributed by atoms with Gasteiger partial charge >= 0.3 is 0 Å². The molecule has 0 spiro atoms. The van der Waals surface area contributed by atoms with E-state index in [0.29, 0.717) is 17.9 Å². The summed E-state index contributed by atoms with van der Waals surface area (Å²) in [5.74, 6) is -0.320. The first kappa shape index (κ1) is 20.9. The number of nitrogens with zero attached hydrogens (tertiary/aromatic N) is 1. The molecule has 2 aromatic rings. The normalized spacial score (nSPS) is 16.3. The van der Waals surface area contributed by atoms with Crippen molar-refractivity contribution in [3.05, 3.63) is 56.1 Å². The number of benzene rings is 2. The number of piperidine rings is 1. The molecule has 1 heterocycles. The summed E-state index contributed by atoms with van der Waals surface area (Å²) < 4.78 is 28.1. The van der Waals surface area contributed by atoms with Crippen LogP contribution in [-0.2, 0) is 14.8 Å². The number of rotatable bonds is 4. The fourth-order valence-electron chi connectivity index (χ4n) is 2.95. The molecule has 0 aromatic heterocycles. The van der Waals surface area contributed by atoms with Crippen molar-refractivity contribution in [1.29, 1.82) is 0 Å². The van der Waals surface area contributed by atoms with E-state index in [4.69, 9.17) is 23.2 Å². The third kappa shape index (κ3) is 4.95. The van der Waals surface area contributed by atoms with Gasteiger partial charge in [0.1, 0.15) is 4.90 Å². The quantitative estimate of drug-likeness (QED) is 0.577. The Kier molecular flexibility index (Phi) is 6.68. The minimum atomic E-state index is -3.74. The van der Waals surface area contributed by atoms with Gasteiger partial charge in [0.15, 0.2) is 0 Å². The number of halogens is 3. The molecule has 0 saturated carbocycles. The summed E-state index contributed by atoms with van der Waals surface area (Å²) in [5.41, 5.74) is 0.737. The van der Waals surface area contributed by atoms with E-state index in [9.17, 15) is 13.2 Å². The second kappa shape index (κ2) is 8.65. The number of anilines is 1. The van der Waals surface area contributed by atoms with Crippen molar-refractivity contribution in [3.63, 3.8) is 0 Å². The van der Waals surface area contributed by atoms with Crippen LogP contribution in [0.2, 0.25) is 10.0 Å². The van der Waals surface area contributed by atoms with Crippen LogP contribution in [0.4, 0.5) is 5.69 Å². The molecule has 0 atom stereocenters. The topological polar surface area (TPSA) is 66.5 Å². The van der Waals surface area contributed by atoms with Gasteiger partial charge in [0.25, 0.3) is 0 Å². The maximum Gasteiger partial charge on any atom is 0.244 e. The van der Waals surface area contributed by atoms with Gasteiger partial charge in [-0.25, -0.2) is 8.42 Å². The maximum absolute atomic E-state index is 12.8. The smallest absolute Gasteiger partial charge is 0.244 e. The van der Waals surface area contributed by atoms with E-state index in [1.807, 2.05) is 24.3 Å². The fraction of sp³-hybridized carbons (Fsp3) is 0.278. The molecular formula is C18H17Cl2IN2O3S. The Labute approximate surface area is 182 Å². The van der Waals surface area contributed by atoms with E-state index in [1.165, 1.54) is 16.4 Å². The standard InChI is InChI=1S/C18H17Cl2IN2O3S/c19-13-1-6-16(20)17(11-13)27(25,26)23-9-7-12(8-10-23)18(24)22-15-4-2-14(21)3-5-15/h1-6,11-12H,7-10H2,(H,22,24). The summed E-state index contributed by atoms with van der Waals surface area (Å²) in [6.45, 7) is 0.520. The van der Waals surface area contributed by atoms with Crippen molar-refractivity contribution in [2.75, 3.05) is 18.4 Å². The Morgan fingerprint density at radius 2 is 1.70 bits per heavy atom. The monoisotopic (exact) mass is 538 g/mol. The third-order valence-corrected chi connectivity index (χ3v) is 7.78. The third-order valence-electron chi connectivity index (χ3n) is 4.45. The molecule has 3 rings (SSSR count). The van der Waals surface area contributed by atoms with Crippen molar-refractivity contribution < 1.29 is 13.2 Å². The zero-order valence-electron chi connectivity index (χ0n) is 14.2. The minimum Gasteiger partial charge on any atom is -0.326 e. The van der Waals surface area contributed by atoms with Crippen LogP contribution in [-0.4, -0.2) is 31.7 Å². The molecule has 1 N–H and O–H groups in total. The maximum atomic E-state index is 12.8. The van der Waals surface area contributed by atoms with E-state index < -0.39 is 10.0 Å². The number of hydrogen-bond donors (Lipinski definition) is 1. The van der Waals surface area contributed by atoms with Crippen LogP contribution in [0.5, 0.6) is 0 Å². The first-order chi connectivity index (χ1) is 12.8. The fourth-order valence-corrected chi connectivity index (χ4v) is 5.52. The molecule has 0 bridgehead atoms. The van der Waals surface area contributed by atoms with Gasteiger partial charge in [0.2, 0.25) is 15.9 Å². The zero-order chi connectivity index (χ0) is 19.6. The number of hydrogen-bond acceptors (Lipinski definition) is 3. The highest BCUT2D eigenvalue weighted by Crippen LogP contribution is 2.30. The zero-order valence-corrected chi connectivity index (χ0v) is 18.6.